The molecule has 0 bridgehead atoms. The summed E-state index contributed by atoms with van der Waals surface area (Å²) in [6.45, 7) is 0.985. The zero-order valence-electron chi connectivity index (χ0n) is 11.6. The van der Waals surface area contributed by atoms with Crippen molar-refractivity contribution < 1.29 is 24.2 Å². The Kier molecular flexibility index (Phi) is 6.78. The van der Waals surface area contributed by atoms with Gasteiger partial charge in [0.05, 0.1) is 13.2 Å². The number of piperidine rings is 1. The van der Waals surface area contributed by atoms with Gasteiger partial charge >= 0.3 is 12.0 Å². The van der Waals surface area contributed by atoms with Gasteiger partial charge in [-0.3, -0.25) is 4.79 Å². The first-order valence-corrected chi connectivity index (χ1v) is 6.59. The van der Waals surface area contributed by atoms with Crippen LogP contribution in [-0.2, 0) is 14.3 Å². The van der Waals surface area contributed by atoms with E-state index in [1.165, 1.54) is 12.0 Å². The van der Waals surface area contributed by atoms with E-state index in [0.29, 0.717) is 26.1 Å². The molecule has 0 spiro atoms. The van der Waals surface area contributed by atoms with Crippen LogP contribution >= 0.6 is 0 Å². The molecule has 1 heterocycles. The average molecular weight is 287 g/mol. The average Bonchev–Trinajstić information content (AvgIpc) is 2.45. The number of rotatable bonds is 6. The number of aliphatic carboxylic acids is 1. The number of urea groups is 1. The maximum absolute atomic E-state index is 11.9. The largest absolute Gasteiger partial charge is 0.480 e. The fourth-order valence-electron chi connectivity index (χ4n) is 2.04. The maximum atomic E-state index is 11.9. The van der Waals surface area contributed by atoms with Crippen LogP contribution in [0.5, 0.6) is 0 Å². The topological polar surface area (TPSA) is 108 Å². The highest BCUT2D eigenvalue weighted by atomic mass is 16.5. The zero-order valence-corrected chi connectivity index (χ0v) is 11.6. The van der Waals surface area contributed by atoms with Gasteiger partial charge in [-0.05, 0) is 19.3 Å². The van der Waals surface area contributed by atoms with Gasteiger partial charge in [0.2, 0.25) is 5.91 Å². The number of nitrogens with one attached hydrogen (secondary N) is 2. The Balaban J connectivity index is 2.37. The first-order chi connectivity index (χ1) is 9.56. The smallest absolute Gasteiger partial charge is 0.326 e. The Labute approximate surface area is 117 Å². The second-order valence-corrected chi connectivity index (χ2v) is 4.54. The van der Waals surface area contributed by atoms with E-state index in [1.54, 1.807) is 0 Å². The van der Waals surface area contributed by atoms with E-state index in [0.717, 1.165) is 12.8 Å². The van der Waals surface area contributed by atoms with E-state index >= 15 is 0 Å². The maximum Gasteiger partial charge on any atom is 0.326 e. The van der Waals surface area contributed by atoms with Crippen LogP contribution in [0.3, 0.4) is 0 Å². The zero-order chi connectivity index (χ0) is 15.0. The predicted molar refractivity (Wildman–Crippen MR) is 70.3 cm³/mol. The highest BCUT2D eigenvalue weighted by Crippen LogP contribution is 2.16. The fraction of sp³-hybridized carbons (Fsp3) is 0.750. The summed E-state index contributed by atoms with van der Waals surface area (Å²) in [5.74, 6) is -1.34. The second kappa shape index (κ2) is 8.36. The Morgan fingerprint density at radius 2 is 2.05 bits per heavy atom. The number of carbonyl (C=O) groups excluding carboxylic acids is 2. The molecule has 3 amide bonds. The summed E-state index contributed by atoms with van der Waals surface area (Å²) in [6.07, 6.45) is 2.01. The number of carboxylic acids is 1. The third kappa shape index (κ3) is 5.04. The summed E-state index contributed by atoms with van der Waals surface area (Å²) in [5.41, 5.74) is 0. The lowest BCUT2D eigenvalue weighted by molar-refractivity contribution is -0.143. The van der Waals surface area contributed by atoms with Gasteiger partial charge in [0, 0.05) is 20.2 Å². The van der Waals surface area contributed by atoms with Crippen LogP contribution in [-0.4, -0.2) is 67.3 Å². The summed E-state index contributed by atoms with van der Waals surface area (Å²) < 4.78 is 4.78. The van der Waals surface area contributed by atoms with Crippen molar-refractivity contribution in [2.24, 2.45) is 0 Å². The lowest BCUT2D eigenvalue weighted by atomic mass is 10.0. The number of carboxylic acid groups (broad SMARTS) is 1. The van der Waals surface area contributed by atoms with Crippen LogP contribution in [0.15, 0.2) is 0 Å². The molecule has 1 rings (SSSR count). The van der Waals surface area contributed by atoms with E-state index in [-0.39, 0.29) is 12.5 Å². The second-order valence-electron chi connectivity index (χ2n) is 4.54. The highest BCUT2D eigenvalue weighted by molar-refractivity contribution is 5.86. The van der Waals surface area contributed by atoms with E-state index in [1.807, 2.05) is 0 Å². The minimum atomic E-state index is -1.01. The normalized spacial score (nSPS) is 18.4. The number of nitrogens with zero attached hydrogens (tertiary/aromatic N) is 1. The number of methoxy groups -OCH3 is 1. The van der Waals surface area contributed by atoms with Gasteiger partial charge in [0.25, 0.3) is 0 Å². The van der Waals surface area contributed by atoms with Gasteiger partial charge in [-0.2, -0.15) is 0 Å². The van der Waals surface area contributed by atoms with E-state index < -0.39 is 18.0 Å². The SMILES string of the molecule is COCCNC(=O)CNC(=O)N1CCCCC1C(=O)O. The molecule has 1 unspecified atom stereocenters. The summed E-state index contributed by atoms with van der Waals surface area (Å²) in [6, 6.07) is -1.32. The molecule has 0 aromatic rings. The van der Waals surface area contributed by atoms with Crippen molar-refractivity contribution in [2.45, 2.75) is 25.3 Å². The molecular formula is C12H21N3O5. The third-order valence-corrected chi connectivity index (χ3v) is 3.08. The molecule has 8 nitrogen and oxygen atoms in total. The molecule has 0 saturated carbocycles. The molecule has 114 valence electrons. The van der Waals surface area contributed by atoms with Gasteiger partial charge in [-0.15, -0.1) is 0 Å². The quantitative estimate of drug-likeness (QED) is 0.565. The van der Waals surface area contributed by atoms with Gasteiger partial charge in [0.15, 0.2) is 0 Å². The molecule has 0 aromatic heterocycles. The molecular weight excluding hydrogens is 266 g/mol. The van der Waals surface area contributed by atoms with Crippen molar-refractivity contribution in [1.82, 2.24) is 15.5 Å². The summed E-state index contributed by atoms with van der Waals surface area (Å²) in [4.78, 5) is 35.6. The van der Waals surface area contributed by atoms with Crippen LogP contribution in [0.2, 0.25) is 0 Å². The molecule has 1 fully saturated rings. The number of hydrogen-bond acceptors (Lipinski definition) is 4. The predicted octanol–water partition coefficient (Wildman–Crippen LogP) is -0.602. The molecule has 1 saturated heterocycles. The van der Waals surface area contributed by atoms with E-state index in [9.17, 15) is 14.4 Å². The first kappa shape index (κ1) is 16.2. The molecule has 0 aromatic carbocycles. The highest BCUT2D eigenvalue weighted by Gasteiger charge is 2.31. The minimum Gasteiger partial charge on any atom is -0.480 e. The van der Waals surface area contributed by atoms with Crippen LogP contribution < -0.4 is 10.6 Å². The molecule has 8 heteroatoms. The fourth-order valence-corrected chi connectivity index (χ4v) is 2.04. The lowest BCUT2D eigenvalue weighted by Gasteiger charge is -2.32. The number of amides is 3. The van der Waals surface area contributed by atoms with Crippen LogP contribution in [0.25, 0.3) is 0 Å². The molecule has 0 aliphatic carbocycles. The number of carbonyl (C=O) groups is 3. The van der Waals surface area contributed by atoms with Gasteiger partial charge in [0.1, 0.15) is 6.04 Å². The molecule has 0 radical (unpaired) electrons. The third-order valence-electron chi connectivity index (χ3n) is 3.08. The van der Waals surface area contributed by atoms with Gasteiger partial charge < -0.3 is 25.4 Å². The van der Waals surface area contributed by atoms with Crippen LogP contribution in [0.4, 0.5) is 4.79 Å². The van der Waals surface area contributed by atoms with Crippen molar-refractivity contribution in [3.05, 3.63) is 0 Å². The van der Waals surface area contributed by atoms with Crippen molar-refractivity contribution in [3.63, 3.8) is 0 Å². The van der Waals surface area contributed by atoms with Crippen molar-refractivity contribution in [1.29, 1.82) is 0 Å². The Morgan fingerprint density at radius 1 is 1.30 bits per heavy atom. The Hall–Kier alpha value is -1.83. The van der Waals surface area contributed by atoms with Crippen LogP contribution in [0.1, 0.15) is 19.3 Å². The number of ether oxygens (including phenoxy) is 1. The van der Waals surface area contributed by atoms with Crippen molar-refractivity contribution in [3.8, 4) is 0 Å². The monoisotopic (exact) mass is 287 g/mol. The Morgan fingerprint density at radius 3 is 2.70 bits per heavy atom. The molecule has 1 atom stereocenters. The minimum absolute atomic E-state index is 0.175. The number of hydrogen-bond donors (Lipinski definition) is 3. The molecule has 3 N–H and O–H groups in total. The summed E-state index contributed by atoms with van der Waals surface area (Å²) in [5, 5.41) is 14.1. The van der Waals surface area contributed by atoms with Gasteiger partial charge in [-0.1, -0.05) is 0 Å². The standard InChI is InChI=1S/C12H21N3O5/c1-20-7-5-13-10(16)8-14-12(19)15-6-3-2-4-9(15)11(17)18/h9H,2-8H2,1H3,(H,13,16)(H,14,19)(H,17,18). The van der Waals surface area contributed by atoms with E-state index in [2.05, 4.69) is 10.6 Å². The summed E-state index contributed by atoms with van der Waals surface area (Å²) in [7, 11) is 1.52. The first-order valence-electron chi connectivity index (χ1n) is 6.59. The van der Waals surface area contributed by atoms with Crippen LogP contribution in [0, 0.1) is 0 Å². The lowest BCUT2D eigenvalue weighted by Crippen LogP contribution is -2.53. The molecule has 20 heavy (non-hydrogen) atoms. The number of likely N-dealkylation sites (tertiary alicyclic amines) is 1. The Bertz CT molecular complexity index is 361. The summed E-state index contributed by atoms with van der Waals surface area (Å²) >= 11 is 0. The van der Waals surface area contributed by atoms with Crippen molar-refractivity contribution >= 4 is 17.9 Å². The van der Waals surface area contributed by atoms with Crippen molar-refractivity contribution in [2.75, 3.05) is 33.4 Å². The molecule has 1 aliphatic heterocycles. The van der Waals surface area contributed by atoms with Gasteiger partial charge in [-0.25, -0.2) is 9.59 Å². The molecule has 1 aliphatic rings. The van der Waals surface area contributed by atoms with E-state index in [4.69, 9.17) is 9.84 Å².